The SMILES string of the molecule is [2H]C(=O)OC(COCCCCCCCCCCCCCCCC)CO[Si](C)(C)C(C)(C)C. The molecule has 1 unspecified atom stereocenters. The number of hydrogen-bond acceptors (Lipinski definition) is 4. The second-order valence-electron chi connectivity index (χ2n) is 10.6. The van der Waals surface area contributed by atoms with Crippen molar-refractivity contribution in [3.63, 3.8) is 0 Å². The van der Waals surface area contributed by atoms with Crippen LogP contribution in [0.15, 0.2) is 0 Å². The number of carbonyl (C=O) groups excluding carboxylic acids is 1. The lowest BCUT2D eigenvalue weighted by molar-refractivity contribution is -0.138. The molecule has 0 aliphatic carbocycles. The van der Waals surface area contributed by atoms with Crippen LogP contribution in [-0.2, 0) is 18.7 Å². The van der Waals surface area contributed by atoms with Crippen molar-refractivity contribution in [1.82, 2.24) is 0 Å². The van der Waals surface area contributed by atoms with Gasteiger partial charge in [-0.15, -0.1) is 0 Å². The van der Waals surface area contributed by atoms with E-state index in [9.17, 15) is 4.79 Å². The van der Waals surface area contributed by atoms with Crippen LogP contribution in [0.1, 0.15) is 119 Å². The summed E-state index contributed by atoms with van der Waals surface area (Å²) in [6.45, 7) is 14.4. The zero-order chi connectivity index (χ0) is 24.3. The lowest BCUT2D eigenvalue weighted by Gasteiger charge is -2.37. The van der Waals surface area contributed by atoms with Gasteiger partial charge in [-0.3, -0.25) is 4.79 Å². The molecule has 0 rings (SSSR count). The van der Waals surface area contributed by atoms with Crippen LogP contribution in [0.4, 0.5) is 0 Å². The standard InChI is InChI=1S/C26H54O4Si/c1-7-8-9-10-11-12-13-14-15-16-17-18-19-20-21-28-22-25(29-24-27)23-30-31(5,6)26(2,3)4/h24-25H,7-23H2,1-6H3/i24D. The molecule has 0 spiro atoms. The lowest BCUT2D eigenvalue weighted by atomic mass is 10.0. The van der Waals surface area contributed by atoms with Crippen LogP contribution in [0.25, 0.3) is 0 Å². The zero-order valence-electron chi connectivity index (χ0n) is 22.7. The van der Waals surface area contributed by atoms with E-state index in [4.69, 9.17) is 15.3 Å². The van der Waals surface area contributed by atoms with Crippen molar-refractivity contribution in [2.75, 3.05) is 19.8 Å². The number of hydrogen-bond donors (Lipinski definition) is 0. The fourth-order valence-electron chi connectivity index (χ4n) is 3.32. The molecular weight excluding hydrogens is 404 g/mol. The van der Waals surface area contributed by atoms with Gasteiger partial charge in [-0.05, 0) is 24.6 Å². The molecule has 0 N–H and O–H groups in total. The van der Waals surface area contributed by atoms with Gasteiger partial charge in [0.25, 0.3) is 6.45 Å². The van der Waals surface area contributed by atoms with Gasteiger partial charge in [-0.2, -0.15) is 0 Å². The van der Waals surface area contributed by atoms with Gasteiger partial charge in [0.1, 0.15) is 6.10 Å². The number of carbonyl (C=O) groups is 1. The van der Waals surface area contributed by atoms with Crippen molar-refractivity contribution in [1.29, 1.82) is 0 Å². The van der Waals surface area contributed by atoms with E-state index >= 15 is 0 Å². The van der Waals surface area contributed by atoms with Gasteiger partial charge in [-0.1, -0.05) is 111 Å². The molecule has 5 heteroatoms. The van der Waals surface area contributed by atoms with E-state index in [2.05, 4.69) is 40.8 Å². The maximum atomic E-state index is 11.1. The Kier molecular flexibility index (Phi) is 17.7. The molecule has 186 valence electrons. The molecule has 4 nitrogen and oxygen atoms in total. The van der Waals surface area contributed by atoms with Crippen molar-refractivity contribution in [3.8, 4) is 0 Å². The van der Waals surface area contributed by atoms with Crippen molar-refractivity contribution in [2.45, 2.75) is 142 Å². The van der Waals surface area contributed by atoms with Crippen LogP contribution in [0.2, 0.25) is 18.1 Å². The number of unbranched alkanes of at least 4 members (excludes halogenated alkanes) is 13. The molecule has 0 aromatic rings. The topological polar surface area (TPSA) is 44.8 Å². The lowest BCUT2D eigenvalue weighted by Crippen LogP contribution is -2.43. The first kappa shape index (κ1) is 28.6. The van der Waals surface area contributed by atoms with Gasteiger partial charge in [0.05, 0.1) is 13.2 Å². The molecule has 0 amide bonds. The number of rotatable bonds is 21. The summed E-state index contributed by atoms with van der Waals surface area (Å²) in [6.07, 6.45) is 17.2. The molecule has 0 aliphatic rings. The molecule has 0 fully saturated rings. The molecule has 0 aliphatic heterocycles. The summed E-state index contributed by atoms with van der Waals surface area (Å²) in [5, 5.41) is 0.0949. The Morgan fingerprint density at radius 2 is 1.26 bits per heavy atom. The van der Waals surface area contributed by atoms with E-state index in [1.54, 1.807) is 0 Å². The van der Waals surface area contributed by atoms with E-state index in [1.807, 2.05) is 0 Å². The Morgan fingerprint density at radius 3 is 1.68 bits per heavy atom. The van der Waals surface area contributed by atoms with Crippen LogP contribution >= 0.6 is 0 Å². The highest BCUT2D eigenvalue weighted by Gasteiger charge is 2.37. The average Bonchev–Trinajstić information content (AvgIpc) is 2.70. The summed E-state index contributed by atoms with van der Waals surface area (Å²) >= 11 is 0. The van der Waals surface area contributed by atoms with Crippen molar-refractivity contribution >= 4 is 14.8 Å². The summed E-state index contributed by atoms with van der Waals surface area (Å²) in [7, 11) is -1.92. The first-order valence-corrected chi connectivity index (χ1v) is 15.9. The van der Waals surface area contributed by atoms with Crippen LogP contribution in [0, 0.1) is 0 Å². The molecule has 0 saturated carbocycles. The Bertz CT molecular complexity index is 452. The molecule has 0 radical (unpaired) electrons. The van der Waals surface area contributed by atoms with Crippen LogP contribution in [-0.4, -0.2) is 40.7 Å². The van der Waals surface area contributed by atoms with Crippen LogP contribution < -0.4 is 0 Å². The van der Waals surface area contributed by atoms with Crippen LogP contribution in [0.5, 0.6) is 0 Å². The summed E-state index contributed by atoms with van der Waals surface area (Å²) in [5.74, 6) is 0. The highest BCUT2D eigenvalue weighted by atomic mass is 28.4. The molecule has 0 bridgehead atoms. The predicted octanol–water partition coefficient (Wildman–Crippen LogP) is 8.05. The van der Waals surface area contributed by atoms with E-state index in [-0.39, 0.29) is 5.04 Å². The minimum absolute atomic E-state index is 0.0949. The third kappa shape index (κ3) is 17.8. The third-order valence-corrected chi connectivity index (χ3v) is 11.1. The summed E-state index contributed by atoms with van der Waals surface area (Å²) in [6, 6.07) is 0. The van der Waals surface area contributed by atoms with Gasteiger partial charge < -0.3 is 13.9 Å². The molecule has 0 heterocycles. The van der Waals surface area contributed by atoms with Gasteiger partial charge in [0, 0.05) is 6.61 Å². The molecule has 0 saturated heterocycles. The molecule has 31 heavy (non-hydrogen) atoms. The number of ether oxygens (including phenoxy) is 2. The third-order valence-electron chi connectivity index (χ3n) is 6.60. The normalized spacial score (nSPS) is 13.8. The fourth-order valence-corrected chi connectivity index (χ4v) is 4.35. The maximum absolute atomic E-state index is 11.1. The Balaban J connectivity index is 3.68. The molecule has 0 aromatic heterocycles. The van der Waals surface area contributed by atoms with Gasteiger partial charge in [-0.25, -0.2) is 0 Å². The monoisotopic (exact) mass is 459 g/mol. The first-order chi connectivity index (χ1) is 15.1. The van der Waals surface area contributed by atoms with E-state index in [1.165, 1.54) is 83.5 Å². The summed E-state index contributed by atoms with van der Waals surface area (Å²) in [4.78, 5) is 11.1. The quantitative estimate of drug-likeness (QED) is 0.0989. The predicted molar refractivity (Wildman–Crippen MR) is 135 cm³/mol. The first-order valence-electron chi connectivity index (χ1n) is 13.5. The second-order valence-corrected chi connectivity index (χ2v) is 15.4. The molecule has 0 aromatic carbocycles. The highest BCUT2D eigenvalue weighted by molar-refractivity contribution is 6.74. The van der Waals surface area contributed by atoms with E-state index in [0.29, 0.717) is 19.8 Å². The van der Waals surface area contributed by atoms with Gasteiger partial charge in [0.15, 0.2) is 9.69 Å². The summed E-state index contributed by atoms with van der Waals surface area (Å²) in [5.41, 5.74) is 0. The fraction of sp³-hybridized carbons (Fsp3) is 0.962. The Labute approximate surface area is 196 Å². The minimum Gasteiger partial charge on any atom is -0.460 e. The molecule has 1 atom stereocenters. The molecular formula is C26H54O4Si. The Hall–Kier alpha value is -0.393. The largest absolute Gasteiger partial charge is 0.460 e. The van der Waals surface area contributed by atoms with Crippen LogP contribution in [0.3, 0.4) is 0 Å². The van der Waals surface area contributed by atoms with E-state index in [0.717, 1.165) is 6.42 Å². The van der Waals surface area contributed by atoms with Gasteiger partial charge >= 0.3 is 0 Å². The smallest absolute Gasteiger partial charge is 0.293 e. The van der Waals surface area contributed by atoms with Crippen molar-refractivity contribution in [2.24, 2.45) is 0 Å². The van der Waals surface area contributed by atoms with Crippen molar-refractivity contribution < 1.29 is 20.1 Å². The average molecular weight is 460 g/mol. The Morgan fingerprint density at radius 1 is 0.806 bits per heavy atom. The summed E-state index contributed by atoms with van der Waals surface area (Å²) < 4.78 is 24.0. The highest BCUT2D eigenvalue weighted by Crippen LogP contribution is 2.36. The maximum Gasteiger partial charge on any atom is 0.293 e. The zero-order valence-corrected chi connectivity index (χ0v) is 22.7. The van der Waals surface area contributed by atoms with Crippen molar-refractivity contribution in [3.05, 3.63) is 0 Å². The minimum atomic E-state index is -1.92. The second kappa shape index (κ2) is 19.1. The van der Waals surface area contributed by atoms with E-state index < -0.39 is 20.9 Å². The van der Waals surface area contributed by atoms with Gasteiger partial charge in [0.2, 0.25) is 0 Å².